The van der Waals surface area contributed by atoms with Crippen LogP contribution in [0.15, 0.2) is 18.2 Å². The number of rotatable bonds is 4. The molecule has 0 saturated heterocycles. The van der Waals surface area contributed by atoms with Crippen molar-refractivity contribution in [2.75, 3.05) is 12.4 Å². The van der Waals surface area contributed by atoms with Crippen LogP contribution in [-0.2, 0) is 9.53 Å². The maximum Gasteiger partial charge on any atom is 0.340 e. The van der Waals surface area contributed by atoms with E-state index in [0.29, 0.717) is 0 Å². The number of anilines is 1. The Bertz CT molecular complexity index is 489. The van der Waals surface area contributed by atoms with E-state index in [2.05, 4.69) is 10.1 Å². The molecule has 0 unspecified atom stereocenters. The van der Waals surface area contributed by atoms with Crippen molar-refractivity contribution in [3.63, 3.8) is 0 Å². The molecule has 0 fully saturated rings. The summed E-state index contributed by atoms with van der Waals surface area (Å²) in [4.78, 5) is 23.3. The number of benzene rings is 1. The molecule has 19 heavy (non-hydrogen) atoms. The monoisotopic (exact) mass is 268 g/mol. The zero-order chi connectivity index (χ0) is 14.6. The summed E-state index contributed by atoms with van der Waals surface area (Å²) < 4.78 is 17.7. The summed E-state index contributed by atoms with van der Waals surface area (Å²) >= 11 is 0. The van der Waals surface area contributed by atoms with Crippen molar-refractivity contribution in [1.82, 2.24) is 0 Å². The SMILES string of the molecule is COC(=O)c1cc(F)ccc1NC(=O)[C@H](N)C(C)C. The molecule has 1 aromatic rings. The second kappa shape index (κ2) is 6.29. The van der Waals surface area contributed by atoms with E-state index in [-0.39, 0.29) is 17.2 Å². The van der Waals surface area contributed by atoms with Gasteiger partial charge in [0.15, 0.2) is 0 Å². The quantitative estimate of drug-likeness (QED) is 0.811. The van der Waals surface area contributed by atoms with Gasteiger partial charge in [0, 0.05) is 0 Å². The lowest BCUT2D eigenvalue weighted by atomic mass is 10.0. The summed E-state index contributed by atoms with van der Waals surface area (Å²) in [7, 11) is 1.18. The number of ether oxygens (including phenoxy) is 1. The molecule has 3 N–H and O–H groups in total. The van der Waals surface area contributed by atoms with Crippen LogP contribution in [-0.4, -0.2) is 25.0 Å². The van der Waals surface area contributed by atoms with Gasteiger partial charge in [0.2, 0.25) is 5.91 Å². The fraction of sp³-hybridized carbons (Fsp3) is 0.385. The highest BCUT2D eigenvalue weighted by Crippen LogP contribution is 2.18. The van der Waals surface area contributed by atoms with E-state index in [0.717, 1.165) is 12.1 Å². The van der Waals surface area contributed by atoms with Gasteiger partial charge in [-0.3, -0.25) is 4.79 Å². The summed E-state index contributed by atoms with van der Waals surface area (Å²) in [6.07, 6.45) is 0. The number of halogens is 1. The number of carbonyl (C=O) groups is 2. The summed E-state index contributed by atoms with van der Waals surface area (Å²) in [5.41, 5.74) is 5.82. The maximum atomic E-state index is 13.1. The highest BCUT2D eigenvalue weighted by atomic mass is 19.1. The summed E-state index contributed by atoms with van der Waals surface area (Å²) in [5, 5.41) is 2.50. The minimum atomic E-state index is -0.729. The van der Waals surface area contributed by atoms with Crippen LogP contribution in [0.1, 0.15) is 24.2 Å². The fourth-order valence-corrected chi connectivity index (χ4v) is 1.42. The molecule has 0 aliphatic heterocycles. The zero-order valence-electron chi connectivity index (χ0n) is 11.1. The Balaban J connectivity index is 3.01. The van der Waals surface area contributed by atoms with Gasteiger partial charge in [-0.05, 0) is 24.1 Å². The van der Waals surface area contributed by atoms with Gasteiger partial charge in [0.1, 0.15) is 5.82 Å². The van der Waals surface area contributed by atoms with Crippen LogP contribution in [0.2, 0.25) is 0 Å². The molecule has 0 heterocycles. The summed E-state index contributed by atoms with van der Waals surface area (Å²) in [6, 6.07) is 2.73. The number of hydrogen-bond donors (Lipinski definition) is 2. The summed E-state index contributed by atoms with van der Waals surface area (Å²) in [5.74, 6) is -1.81. The van der Waals surface area contributed by atoms with Gasteiger partial charge in [-0.25, -0.2) is 9.18 Å². The molecular formula is C13H17FN2O3. The maximum absolute atomic E-state index is 13.1. The van der Waals surface area contributed by atoms with Crippen molar-refractivity contribution in [3.05, 3.63) is 29.6 Å². The first-order valence-electron chi connectivity index (χ1n) is 5.81. The number of methoxy groups -OCH3 is 1. The standard InChI is InChI=1S/C13H17FN2O3/c1-7(2)11(15)12(17)16-10-5-4-8(14)6-9(10)13(18)19-3/h4-7,11H,15H2,1-3H3,(H,16,17)/t11-/m1/s1. The molecule has 0 aromatic heterocycles. The molecule has 0 spiro atoms. The van der Waals surface area contributed by atoms with E-state index in [4.69, 9.17) is 5.73 Å². The van der Waals surface area contributed by atoms with Gasteiger partial charge >= 0.3 is 5.97 Å². The van der Waals surface area contributed by atoms with E-state index in [1.165, 1.54) is 13.2 Å². The molecular weight excluding hydrogens is 251 g/mol. The smallest absolute Gasteiger partial charge is 0.340 e. The normalized spacial score (nSPS) is 12.1. The molecule has 104 valence electrons. The number of esters is 1. The van der Waals surface area contributed by atoms with E-state index in [9.17, 15) is 14.0 Å². The summed E-state index contributed by atoms with van der Waals surface area (Å²) in [6.45, 7) is 3.60. The average Bonchev–Trinajstić information content (AvgIpc) is 2.38. The molecule has 0 aliphatic carbocycles. The van der Waals surface area contributed by atoms with E-state index in [1.807, 2.05) is 0 Å². The number of carbonyl (C=O) groups excluding carboxylic acids is 2. The number of nitrogens with two attached hydrogens (primary N) is 1. The van der Waals surface area contributed by atoms with Crippen molar-refractivity contribution in [1.29, 1.82) is 0 Å². The third kappa shape index (κ3) is 3.75. The second-order valence-electron chi connectivity index (χ2n) is 4.44. The molecule has 1 aromatic carbocycles. The predicted octanol–water partition coefficient (Wildman–Crippen LogP) is 1.53. The van der Waals surface area contributed by atoms with Crippen LogP contribution in [0, 0.1) is 11.7 Å². The van der Waals surface area contributed by atoms with Crippen LogP contribution in [0.25, 0.3) is 0 Å². The first kappa shape index (κ1) is 15.1. The van der Waals surface area contributed by atoms with Crippen LogP contribution >= 0.6 is 0 Å². The Morgan fingerprint density at radius 2 is 2.00 bits per heavy atom. The molecule has 0 saturated carbocycles. The Labute approximate surface area is 110 Å². The van der Waals surface area contributed by atoms with Gasteiger partial charge in [0.05, 0.1) is 24.4 Å². The van der Waals surface area contributed by atoms with Gasteiger partial charge in [0.25, 0.3) is 0 Å². The van der Waals surface area contributed by atoms with Crippen LogP contribution < -0.4 is 11.1 Å². The first-order chi connectivity index (χ1) is 8.86. The Morgan fingerprint density at radius 3 is 2.53 bits per heavy atom. The van der Waals surface area contributed by atoms with Crippen molar-refractivity contribution in [2.45, 2.75) is 19.9 Å². The Morgan fingerprint density at radius 1 is 1.37 bits per heavy atom. The molecule has 0 aliphatic rings. The Hall–Kier alpha value is -1.95. The minimum absolute atomic E-state index is 0.0493. The van der Waals surface area contributed by atoms with E-state index >= 15 is 0 Å². The highest BCUT2D eigenvalue weighted by Gasteiger charge is 2.20. The number of amides is 1. The molecule has 0 bridgehead atoms. The Kier molecular flexibility index (Phi) is 5.00. The lowest BCUT2D eigenvalue weighted by molar-refractivity contribution is -0.118. The predicted molar refractivity (Wildman–Crippen MR) is 69.2 cm³/mol. The van der Waals surface area contributed by atoms with Crippen molar-refractivity contribution in [2.24, 2.45) is 11.7 Å². The minimum Gasteiger partial charge on any atom is -0.465 e. The molecule has 1 amide bonds. The lowest BCUT2D eigenvalue weighted by Gasteiger charge is -2.16. The topological polar surface area (TPSA) is 81.4 Å². The van der Waals surface area contributed by atoms with Crippen molar-refractivity contribution in [3.8, 4) is 0 Å². The largest absolute Gasteiger partial charge is 0.465 e. The number of nitrogens with one attached hydrogen (secondary N) is 1. The van der Waals surface area contributed by atoms with Crippen LogP contribution in [0.5, 0.6) is 0 Å². The van der Waals surface area contributed by atoms with Gasteiger partial charge in [-0.1, -0.05) is 13.8 Å². The molecule has 1 atom stereocenters. The lowest BCUT2D eigenvalue weighted by Crippen LogP contribution is -2.40. The fourth-order valence-electron chi connectivity index (χ4n) is 1.42. The second-order valence-corrected chi connectivity index (χ2v) is 4.44. The highest BCUT2D eigenvalue weighted by molar-refractivity contribution is 6.02. The average molecular weight is 268 g/mol. The van der Waals surface area contributed by atoms with Crippen molar-refractivity contribution >= 4 is 17.6 Å². The van der Waals surface area contributed by atoms with Gasteiger partial charge < -0.3 is 15.8 Å². The van der Waals surface area contributed by atoms with E-state index < -0.39 is 23.7 Å². The molecule has 5 nitrogen and oxygen atoms in total. The van der Waals surface area contributed by atoms with Crippen LogP contribution in [0.4, 0.5) is 10.1 Å². The third-order valence-electron chi connectivity index (χ3n) is 2.67. The molecule has 6 heteroatoms. The van der Waals surface area contributed by atoms with Crippen LogP contribution in [0.3, 0.4) is 0 Å². The molecule has 0 radical (unpaired) electrons. The third-order valence-corrected chi connectivity index (χ3v) is 2.67. The van der Waals surface area contributed by atoms with E-state index in [1.54, 1.807) is 13.8 Å². The van der Waals surface area contributed by atoms with Gasteiger partial charge in [-0.2, -0.15) is 0 Å². The first-order valence-corrected chi connectivity index (χ1v) is 5.81. The molecule has 1 rings (SSSR count). The van der Waals surface area contributed by atoms with Gasteiger partial charge in [-0.15, -0.1) is 0 Å². The van der Waals surface area contributed by atoms with Crippen molar-refractivity contribution < 1.29 is 18.7 Å². The number of hydrogen-bond acceptors (Lipinski definition) is 4. The zero-order valence-corrected chi connectivity index (χ0v) is 11.1.